The summed E-state index contributed by atoms with van der Waals surface area (Å²) in [6.45, 7) is 4.35. The zero-order chi connectivity index (χ0) is 54.7. The number of carbonyl (C=O) groups is 7. The van der Waals surface area contributed by atoms with Gasteiger partial charge in [-0.1, -0.05) is 91.9 Å². The van der Waals surface area contributed by atoms with Crippen molar-refractivity contribution in [2.45, 2.75) is 121 Å². The Labute approximate surface area is 452 Å². The van der Waals surface area contributed by atoms with Gasteiger partial charge < -0.3 is 50.0 Å². The number of aliphatic carboxylic acids is 1. The highest BCUT2D eigenvalue weighted by atomic mass is 16.7. The molecule has 0 bridgehead atoms. The van der Waals surface area contributed by atoms with Crippen molar-refractivity contribution in [3.8, 4) is 11.8 Å². The molecule has 408 valence electrons. The number of rotatable bonds is 15. The van der Waals surface area contributed by atoms with E-state index in [1.807, 2.05) is 85.8 Å². The van der Waals surface area contributed by atoms with E-state index in [4.69, 9.17) is 14.2 Å². The van der Waals surface area contributed by atoms with Crippen LogP contribution in [0.4, 0.5) is 5.69 Å². The molecule has 3 saturated carbocycles. The van der Waals surface area contributed by atoms with Gasteiger partial charge in [-0.05, 0) is 98.3 Å². The van der Waals surface area contributed by atoms with E-state index in [1.54, 1.807) is 22.0 Å². The fraction of sp³-hybridized carbons (Fsp3) is 0.492. The van der Waals surface area contributed by atoms with E-state index in [0.29, 0.717) is 55.8 Å². The van der Waals surface area contributed by atoms with Crippen molar-refractivity contribution in [3.05, 3.63) is 124 Å². The number of hydrogen-bond donors (Lipinski definition) is 5. The van der Waals surface area contributed by atoms with Gasteiger partial charge in [0.25, 0.3) is 0 Å². The number of nitrogens with zero attached hydrogens (tertiary/aromatic N) is 2. The molecule has 4 heterocycles. The number of ether oxygens (including phenoxy) is 3. The summed E-state index contributed by atoms with van der Waals surface area (Å²) >= 11 is 0. The molecule has 4 amide bonds. The minimum absolute atomic E-state index is 0.0199. The van der Waals surface area contributed by atoms with Gasteiger partial charge in [-0.15, -0.1) is 0 Å². The Hall–Kier alpha value is -6.81. The van der Waals surface area contributed by atoms with Crippen molar-refractivity contribution in [3.63, 3.8) is 0 Å². The number of hydrogen-bond acceptors (Lipinski definition) is 12. The number of allylic oxidation sites excluding steroid dienone is 4. The fourth-order valence-corrected chi connectivity index (χ4v) is 14.9. The number of carboxylic acid groups (broad SMARTS) is 1. The minimum Gasteiger partial charge on any atom is -0.481 e. The predicted octanol–water partition coefficient (Wildman–Crippen LogP) is 4.64. The number of likely N-dealkylation sites (tertiary alicyclic amines) is 1. The summed E-state index contributed by atoms with van der Waals surface area (Å²) in [7, 11) is 0. The highest BCUT2D eigenvalue weighted by Crippen LogP contribution is 2.70. The van der Waals surface area contributed by atoms with Gasteiger partial charge in [0.15, 0.2) is 23.5 Å². The van der Waals surface area contributed by atoms with Gasteiger partial charge in [-0.25, -0.2) is 0 Å². The molecule has 17 nitrogen and oxygen atoms in total. The van der Waals surface area contributed by atoms with Crippen molar-refractivity contribution in [1.29, 1.82) is 0 Å². The number of nitrogens with one attached hydrogen (secondary N) is 2. The molecule has 11 atom stereocenters. The smallest absolute Gasteiger partial charge is 0.303 e. The number of amides is 4. The van der Waals surface area contributed by atoms with Crippen LogP contribution in [0.2, 0.25) is 0 Å². The largest absolute Gasteiger partial charge is 0.481 e. The van der Waals surface area contributed by atoms with Crippen molar-refractivity contribution in [2.24, 2.45) is 34.0 Å². The van der Waals surface area contributed by atoms with Gasteiger partial charge in [0.05, 0.1) is 43.7 Å². The van der Waals surface area contributed by atoms with Crippen molar-refractivity contribution in [2.75, 3.05) is 37.7 Å². The molecule has 78 heavy (non-hydrogen) atoms. The lowest BCUT2D eigenvalue weighted by Crippen LogP contribution is -2.63. The van der Waals surface area contributed by atoms with Gasteiger partial charge in [-0.2, -0.15) is 0 Å². The Bertz CT molecular complexity index is 3080. The molecule has 3 aromatic rings. The number of benzene rings is 3. The topological polar surface area (TPSA) is 238 Å². The summed E-state index contributed by atoms with van der Waals surface area (Å²) in [5.74, 6) is 2.70. The number of ketones is 2. The zero-order valence-electron chi connectivity index (χ0n) is 43.9. The second kappa shape index (κ2) is 20.8. The van der Waals surface area contributed by atoms with Gasteiger partial charge in [0, 0.05) is 71.2 Å². The first-order valence-electron chi connectivity index (χ1n) is 27.3. The van der Waals surface area contributed by atoms with E-state index in [1.165, 1.54) is 0 Å². The van der Waals surface area contributed by atoms with E-state index >= 15 is 0 Å². The fourth-order valence-electron chi connectivity index (χ4n) is 14.9. The summed E-state index contributed by atoms with van der Waals surface area (Å²) in [6.07, 6.45) is 5.60. The van der Waals surface area contributed by atoms with Crippen LogP contribution < -0.4 is 15.5 Å². The predicted molar refractivity (Wildman–Crippen MR) is 282 cm³/mol. The quantitative estimate of drug-likeness (QED) is 0.131. The average Bonchev–Trinajstić information content (AvgIpc) is 4.15. The standard InChI is InChI=1S/C61H66N4O13/c1-58-24-23-42(67)26-41(58)17-18-44-45-27-50-61(49(69)32-66,59(45,2)29-48(68)55(44)58)78-57(77-50)39-13-11-36(12-14-39)25-43-28-60(35-76-43)33-64(34-60)56(75)46(19-22-54(73)74)63-52(71)30-62-51(70)20-21-53(72)65-31-40-9-4-3-7-37(40)15-16-38-8-5-6-10-47(38)65/h3-14,23-24,26,43-46,48,50,55,57,66,68H,17-22,25,27-35H2,1-2H3,(H,62,70)(H,63,71)(H,73,74)/t43?,44-,45-,46-,48-,50+,55+,57+,58-,59-,61+/m0/s1. The SMILES string of the molecule is C[C@]12C=CC(=O)C=C1CC[C@@H]1[C@@H]2[C@@H](O)C[C@@]2(C)[C@H]1C[C@H]1O[C@@H](c3ccc(CC4CC5(CO4)CN(C(=O)[C@H](CCC(=O)O)NC(=O)CNC(=O)CCC(=O)N4Cc6ccccc6C#Cc6ccccc64)C5)cc3)O[C@]12C(=O)CO. The van der Waals surface area contributed by atoms with E-state index in [9.17, 15) is 48.9 Å². The number of carbonyl (C=O) groups excluding carboxylic acids is 6. The van der Waals surface area contributed by atoms with E-state index in [-0.39, 0.29) is 79.6 Å². The third-order valence-corrected chi connectivity index (χ3v) is 18.6. The molecule has 4 aliphatic heterocycles. The Morgan fingerprint density at radius 3 is 2.41 bits per heavy atom. The number of anilines is 1. The normalized spacial score (nSPS) is 31.0. The van der Waals surface area contributed by atoms with E-state index in [0.717, 1.165) is 35.1 Å². The van der Waals surface area contributed by atoms with E-state index < -0.39 is 83.6 Å². The van der Waals surface area contributed by atoms with Crippen LogP contribution in [0, 0.1) is 45.8 Å². The highest BCUT2D eigenvalue weighted by Gasteiger charge is 2.76. The molecule has 5 N–H and O–H groups in total. The molecular weight excluding hydrogens is 997 g/mol. The average molecular weight is 1060 g/mol. The summed E-state index contributed by atoms with van der Waals surface area (Å²) in [6, 6.07) is 21.5. The lowest BCUT2D eigenvalue weighted by molar-refractivity contribution is -0.201. The first-order valence-corrected chi connectivity index (χ1v) is 27.3. The summed E-state index contributed by atoms with van der Waals surface area (Å²) < 4.78 is 19.7. The van der Waals surface area contributed by atoms with Crippen LogP contribution in [0.15, 0.2) is 96.6 Å². The Kier molecular flexibility index (Phi) is 14.2. The number of fused-ring (bicyclic) bond motifs is 9. The molecule has 0 radical (unpaired) electrons. The maximum Gasteiger partial charge on any atom is 0.303 e. The third-order valence-electron chi connectivity index (χ3n) is 18.6. The molecule has 0 aromatic heterocycles. The Morgan fingerprint density at radius 2 is 1.64 bits per heavy atom. The highest BCUT2D eigenvalue weighted by molar-refractivity contribution is 6.01. The number of Topliss-reactive ketones (excluding diaryl/α,β-unsaturated/α-hetero) is 1. The lowest BCUT2D eigenvalue weighted by atomic mass is 9.46. The number of aliphatic hydroxyl groups is 2. The molecule has 3 saturated heterocycles. The maximum absolute atomic E-state index is 14.0. The molecule has 4 aliphatic carbocycles. The minimum atomic E-state index is -1.46. The molecule has 11 rings (SSSR count). The number of aliphatic hydroxyl groups excluding tert-OH is 2. The van der Waals surface area contributed by atoms with Gasteiger partial charge in [0.1, 0.15) is 12.6 Å². The number of para-hydroxylation sites is 1. The van der Waals surface area contributed by atoms with Crippen molar-refractivity contribution >= 4 is 46.9 Å². The molecule has 17 heteroatoms. The van der Waals surface area contributed by atoms with Gasteiger partial charge >= 0.3 is 5.97 Å². The van der Waals surface area contributed by atoms with Gasteiger partial charge in [0.2, 0.25) is 23.6 Å². The van der Waals surface area contributed by atoms with Gasteiger partial charge in [-0.3, -0.25) is 33.6 Å². The monoisotopic (exact) mass is 1060 g/mol. The Balaban J connectivity index is 0.660. The molecule has 1 spiro atoms. The number of carboxylic acids is 1. The molecule has 3 aromatic carbocycles. The maximum atomic E-state index is 14.0. The van der Waals surface area contributed by atoms with Crippen LogP contribution in [-0.4, -0.2) is 124 Å². The molecule has 1 unspecified atom stereocenters. The van der Waals surface area contributed by atoms with Crippen molar-refractivity contribution in [1.82, 2.24) is 15.5 Å². The third kappa shape index (κ3) is 9.48. The van der Waals surface area contributed by atoms with Crippen molar-refractivity contribution < 1.29 is 63.1 Å². The van der Waals surface area contributed by atoms with Crippen LogP contribution in [0.3, 0.4) is 0 Å². The summed E-state index contributed by atoms with van der Waals surface area (Å²) in [5, 5.41) is 37.1. The van der Waals surface area contributed by atoms with Crippen LogP contribution in [0.1, 0.15) is 106 Å². The first kappa shape index (κ1) is 53.2. The first-order chi connectivity index (χ1) is 37.4. The van der Waals surface area contributed by atoms with Crippen LogP contribution in [0.25, 0.3) is 0 Å². The van der Waals surface area contributed by atoms with Crippen LogP contribution in [0.5, 0.6) is 0 Å². The van der Waals surface area contributed by atoms with E-state index in [2.05, 4.69) is 29.4 Å². The lowest BCUT2D eigenvalue weighted by Gasteiger charge is -2.59. The van der Waals surface area contributed by atoms with Crippen LogP contribution in [-0.2, 0) is 60.7 Å². The second-order valence-electron chi connectivity index (χ2n) is 23.3. The van der Waals surface area contributed by atoms with Crippen LogP contribution >= 0.6 is 0 Å². The molecular formula is C61H66N4O13. The summed E-state index contributed by atoms with van der Waals surface area (Å²) in [4.78, 5) is 94.8. The Morgan fingerprint density at radius 1 is 0.897 bits per heavy atom. The summed E-state index contributed by atoms with van der Waals surface area (Å²) in [5.41, 5.74) is 2.70. The molecule has 6 fully saturated rings. The molecule has 8 aliphatic rings. The zero-order valence-corrected chi connectivity index (χ0v) is 43.9. The second-order valence-corrected chi connectivity index (χ2v) is 23.3.